The molecule has 9 nitrogen and oxygen atoms in total. The van der Waals surface area contributed by atoms with Crippen molar-refractivity contribution in [1.29, 1.82) is 0 Å². The van der Waals surface area contributed by atoms with Crippen molar-refractivity contribution < 1.29 is 29.0 Å². The van der Waals surface area contributed by atoms with Gasteiger partial charge < -0.3 is 30.1 Å². The first kappa shape index (κ1) is 31.9. The van der Waals surface area contributed by atoms with Crippen LogP contribution in [0, 0.1) is 5.92 Å². The van der Waals surface area contributed by atoms with E-state index in [-0.39, 0.29) is 43.3 Å². The fourth-order valence-electron chi connectivity index (χ4n) is 5.31. The van der Waals surface area contributed by atoms with Crippen molar-refractivity contribution in [2.75, 3.05) is 27.4 Å². The molecule has 9 heteroatoms. The third-order valence-corrected chi connectivity index (χ3v) is 7.70. The van der Waals surface area contributed by atoms with Gasteiger partial charge in [0, 0.05) is 43.5 Å². The zero-order valence-corrected chi connectivity index (χ0v) is 24.6. The SMILES string of the molecule is CCCCC[C@@H](CC(=O)NCc1ccc(OC)cc1OC)C(=O)N[C@@H](Cc1ccccc1)C(=O)N1CCC[C@H]1CO. The van der Waals surface area contributed by atoms with Crippen LogP contribution in [0.5, 0.6) is 11.5 Å². The molecule has 3 N–H and O–H groups in total. The Morgan fingerprint density at radius 1 is 1.07 bits per heavy atom. The molecule has 0 spiro atoms. The maximum Gasteiger partial charge on any atom is 0.245 e. The van der Waals surface area contributed by atoms with Crippen LogP contribution in [0.3, 0.4) is 0 Å². The number of methoxy groups -OCH3 is 2. The van der Waals surface area contributed by atoms with Gasteiger partial charge in [-0.25, -0.2) is 0 Å². The summed E-state index contributed by atoms with van der Waals surface area (Å²) >= 11 is 0. The minimum Gasteiger partial charge on any atom is -0.497 e. The number of ether oxygens (including phenoxy) is 2. The Kier molecular flexibility index (Phi) is 12.9. The van der Waals surface area contributed by atoms with Gasteiger partial charge in [0.05, 0.1) is 26.9 Å². The number of rotatable bonds is 16. The number of amides is 3. The molecule has 3 amide bonds. The predicted molar refractivity (Wildman–Crippen MR) is 158 cm³/mol. The fourth-order valence-corrected chi connectivity index (χ4v) is 5.31. The van der Waals surface area contributed by atoms with E-state index in [1.807, 2.05) is 36.4 Å². The number of likely N-dealkylation sites (tertiary alicyclic amines) is 1. The van der Waals surface area contributed by atoms with E-state index < -0.39 is 12.0 Å². The Bertz CT molecular complexity index is 1130. The lowest BCUT2D eigenvalue weighted by molar-refractivity contribution is -0.139. The minimum atomic E-state index is -0.780. The van der Waals surface area contributed by atoms with E-state index in [9.17, 15) is 19.5 Å². The van der Waals surface area contributed by atoms with Crippen molar-refractivity contribution >= 4 is 17.7 Å². The number of nitrogens with zero attached hydrogens (tertiary/aromatic N) is 1. The molecule has 1 saturated heterocycles. The summed E-state index contributed by atoms with van der Waals surface area (Å²) in [6, 6.07) is 14.0. The van der Waals surface area contributed by atoms with Crippen LogP contribution >= 0.6 is 0 Å². The van der Waals surface area contributed by atoms with E-state index in [1.54, 1.807) is 31.3 Å². The van der Waals surface area contributed by atoms with E-state index in [1.165, 1.54) is 0 Å². The molecule has 0 bridgehead atoms. The molecule has 0 aliphatic carbocycles. The molecule has 0 unspecified atom stereocenters. The van der Waals surface area contributed by atoms with Crippen molar-refractivity contribution in [1.82, 2.24) is 15.5 Å². The quantitative estimate of drug-likeness (QED) is 0.267. The average Bonchev–Trinajstić information content (AvgIpc) is 3.48. The average molecular weight is 568 g/mol. The molecule has 3 atom stereocenters. The van der Waals surface area contributed by atoms with Gasteiger partial charge in [-0.3, -0.25) is 14.4 Å². The molecular weight excluding hydrogens is 522 g/mol. The third kappa shape index (κ3) is 9.49. The second kappa shape index (κ2) is 16.6. The summed E-state index contributed by atoms with van der Waals surface area (Å²) < 4.78 is 10.7. The van der Waals surface area contributed by atoms with Crippen LogP contribution in [-0.2, 0) is 27.3 Å². The molecule has 1 aliphatic rings. The van der Waals surface area contributed by atoms with E-state index in [4.69, 9.17) is 9.47 Å². The minimum absolute atomic E-state index is 0.0171. The van der Waals surface area contributed by atoms with Crippen LogP contribution in [0.1, 0.15) is 63.0 Å². The Morgan fingerprint density at radius 3 is 2.54 bits per heavy atom. The Morgan fingerprint density at radius 2 is 1.85 bits per heavy atom. The molecule has 0 radical (unpaired) electrons. The van der Waals surface area contributed by atoms with Crippen LogP contribution in [0.15, 0.2) is 48.5 Å². The highest BCUT2D eigenvalue weighted by molar-refractivity contribution is 5.91. The molecule has 2 aromatic carbocycles. The standard InChI is InChI=1S/C32H45N3O6/c1-4-5-7-13-24(19-30(37)33-21-25-15-16-27(40-2)20-29(25)41-3)31(38)34-28(18-23-11-8-6-9-12-23)32(39)35-17-10-14-26(35)22-36/h6,8-9,11-12,15-16,20,24,26,28,36H,4-5,7,10,13-14,17-19,21-22H2,1-3H3,(H,33,37)(H,34,38)/t24-,26-,28-/m0/s1. The van der Waals surface area contributed by atoms with Gasteiger partial charge in [0.25, 0.3) is 0 Å². The number of carbonyl (C=O) groups excluding carboxylic acids is 3. The smallest absolute Gasteiger partial charge is 0.245 e. The summed E-state index contributed by atoms with van der Waals surface area (Å²) in [5.74, 6) is -0.0481. The number of nitrogens with one attached hydrogen (secondary N) is 2. The van der Waals surface area contributed by atoms with Crippen molar-refractivity contribution in [3.8, 4) is 11.5 Å². The van der Waals surface area contributed by atoms with E-state index in [2.05, 4.69) is 17.6 Å². The monoisotopic (exact) mass is 567 g/mol. The second-order valence-corrected chi connectivity index (χ2v) is 10.6. The van der Waals surface area contributed by atoms with Gasteiger partial charge in [0.1, 0.15) is 17.5 Å². The number of aliphatic hydroxyl groups is 1. The predicted octanol–water partition coefficient (Wildman–Crippen LogP) is 3.62. The molecule has 1 fully saturated rings. The van der Waals surface area contributed by atoms with Crippen molar-refractivity contribution in [3.63, 3.8) is 0 Å². The number of unbranched alkanes of at least 4 members (excludes halogenated alkanes) is 2. The fraction of sp³-hybridized carbons (Fsp3) is 0.531. The lowest BCUT2D eigenvalue weighted by atomic mass is 9.95. The first-order valence-corrected chi connectivity index (χ1v) is 14.6. The van der Waals surface area contributed by atoms with Gasteiger partial charge >= 0.3 is 0 Å². The van der Waals surface area contributed by atoms with Crippen molar-refractivity contribution in [3.05, 3.63) is 59.7 Å². The highest BCUT2D eigenvalue weighted by atomic mass is 16.5. The largest absolute Gasteiger partial charge is 0.497 e. The molecule has 3 rings (SSSR count). The molecule has 41 heavy (non-hydrogen) atoms. The first-order valence-electron chi connectivity index (χ1n) is 14.6. The normalized spacial score (nSPS) is 16.1. The van der Waals surface area contributed by atoms with Crippen LogP contribution in [0.4, 0.5) is 0 Å². The molecule has 1 aliphatic heterocycles. The molecule has 1 heterocycles. The number of benzene rings is 2. The van der Waals surface area contributed by atoms with E-state index in [0.29, 0.717) is 30.9 Å². The van der Waals surface area contributed by atoms with Crippen LogP contribution in [0.2, 0.25) is 0 Å². The molecule has 224 valence electrons. The topological polar surface area (TPSA) is 117 Å². The van der Waals surface area contributed by atoms with Gasteiger partial charge in [-0.15, -0.1) is 0 Å². The van der Waals surface area contributed by atoms with E-state index in [0.717, 1.165) is 43.2 Å². The molecule has 0 aromatic heterocycles. The van der Waals surface area contributed by atoms with E-state index >= 15 is 0 Å². The van der Waals surface area contributed by atoms with Gasteiger partial charge in [-0.2, -0.15) is 0 Å². The van der Waals surface area contributed by atoms with Gasteiger partial charge in [0.15, 0.2) is 0 Å². The third-order valence-electron chi connectivity index (χ3n) is 7.70. The zero-order chi connectivity index (χ0) is 29.6. The summed E-state index contributed by atoms with van der Waals surface area (Å²) in [5, 5.41) is 15.7. The molecule has 0 saturated carbocycles. The maximum absolute atomic E-state index is 13.6. The summed E-state index contributed by atoms with van der Waals surface area (Å²) in [4.78, 5) is 42.0. The second-order valence-electron chi connectivity index (χ2n) is 10.6. The van der Waals surface area contributed by atoms with Crippen molar-refractivity contribution in [2.24, 2.45) is 5.92 Å². The van der Waals surface area contributed by atoms with Gasteiger partial charge in [0.2, 0.25) is 17.7 Å². The number of hydrogen-bond acceptors (Lipinski definition) is 6. The molecular formula is C32H45N3O6. The summed E-state index contributed by atoms with van der Waals surface area (Å²) in [6.07, 6.45) is 5.22. The van der Waals surface area contributed by atoms with Crippen LogP contribution in [-0.4, -0.2) is 67.2 Å². The first-order chi connectivity index (χ1) is 19.9. The zero-order valence-electron chi connectivity index (χ0n) is 24.6. The van der Waals surface area contributed by atoms with Gasteiger partial charge in [-0.1, -0.05) is 56.5 Å². The lowest BCUT2D eigenvalue weighted by Crippen LogP contribution is -2.53. The summed E-state index contributed by atoms with van der Waals surface area (Å²) in [7, 11) is 3.14. The Balaban J connectivity index is 1.71. The summed E-state index contributed by atoms with van der Waals surface area (Å²) in [5.41, 5.74) is 1.73. The number of hydrogen-bond donors (Lipinski definition) is 3. The Labute approximate surface area is 243 Å². The maximum atomic E-state index is 13.6. The summed E-state index contributed by atoms with van der Waals surface area (Å²) in [6.45, 7) is 2.80. The highest BCUT2D eigenvalue weighted by Crippen LogP contribution is 2.25. The molecule has 2 aromatic rings. The van der Waals surface area contributed by atoms with Gasteiger partial charge in [-0.05, 0) is 37.0 Å². The van der Waals surface area contributed by atoms with Crippen LogP contribution < -0.4 is 20.1 Å². The number of carbonyl (C=O) groups is 3. The highest BCUT2D eigenvalue weighted by Gasteiger charge is 2.35. The number of aliphatic hydroxyl groups excluding tert-OH is 1. The Hall–Kier alpha value is -3.59. The van der Waals surface area contributed by atoms with Crippen molar-refractivity contribution in [2.45, 2.75) is 76.9 Å². The van der Waals surface area contributed by atoms with Crippen LogP contribution in [0.25, 0.3) is 0 Å². The lowest BCUT2D eigenvalue weighted by Gasteiger charge is -2.29.